The lowest BCUT2D eigenvalue weighted by molar-refractivity contribution is -0.177. The maximum Gasteiger partial charge on any atom is 0.281 e. The molecule has 0 radical (unpaired) electrons. The highest BCUT2D eigenvalue weighted by Crippen LogP contribution is 2.47. The number of alkyl halides is 2. The van der Waals surface area contributed by atoms with Gasteiger partial charge in [0, 0.05) is 29.1 Å². The van der Waals surface area contributed by atoms with E-state index in [1.54, 1.807) is 0 Å². The Morgan fingerprint density at radius 2 is 1.81 bits per heavy atom. The van der Waals surface area contributed by atoms with Crippen molar-refractivity contribution in [3.63, 3.8) is 0 Å². The Morgan fingerprint density at radius 3 is 2.51 bits per heavy atom. The van der Waals surface area contributed by atoms with Crippen molar-refractivity contribution in [2.24, 2.45) is 0 Å². The zero-order valence-corrected chi connectivity index (χ0v) is 21.1. The standard InChI is InChI=1S/C26H21Cl2F3N2O4/c1-25(36)18-12-15(27)4-8-21(18)33(10-9-26(25,30)31)24(35)14-3-7-20(22(11-14)37-2)32-23(34)17-13-16(29)5-6-19(17)28/h3-8,11-13,36H,9-10H2,1-2H3,(H,32,34)/t25-/m1/s1. The molecule has 37 heavy (non-hydrogen) atoms. The van der Waals surface area contributed by atoms with E-state index in [0.29, 0.717) is 0 Å². The molecule has 1 heterocycles. The smallest absolute Gasteiger partial charge is 0.281 e. The van der Waals surface area contributed by atoms with Crippen LogP contribution in [0.1, 0.15) is 39.6 Å². The number of halogens is 5. The van der Waals surface area contributed by atoms with Crippen LogP contribution >= 0.6 is 23.2 Å². The molecule has 3 aromatic rings. The van der Waals surface area contributed by atoms with Crippen LogP contribution in [0.4, 0.5) is 24.5 Å². The number of aliphatic hydroxyl groups is 1. The van der Waals surface area contributed by atoms with Gasteiger partial charge in [0.05, 0.1) is 29.1 Å². The SMILES string of the molecule is COc1cc(C(=O)N2CCC(F)(F)[C@](C)(O)c3cc(Cl)ccc32)ccc1NC(=O)c1cc(F)ccc1Cl. The van der Waals surface area contributed by atoms with Crippen molar-refractivity contribution in [2.75, 3.05) is 23.9 Å². The highest BCUT2D eigenvalue weighted by Gasteiger charge is 2.53. The fourth-order valence-corrected chi connectivity index (χ4v) is 4.48. The summed E-state index contributed by atoms with van der Waals surface area (Å²) >= 11 is 12.0. The largest absolute Gasteiger partial charge is 0.495 e. The van der Waals surface area contributed by atoms with Crippen molar-refractivity contribution in [3.8, 4) is 5.75 Å². The summed E-state index contributed by atoms with van der Waals surface area (Å²) < 4.78 is 48.6. The van der Waals surface area contributed by atoms with E-state index in [4.69, 9.17) is 27.9 Å². The lowest BCUT2D eigenvalue weighted by atomic mass is 9.87. The van der Waals surface area contributed by atoms with Gasteiger partial charge in [0.1, 0.15) is 11.6 Å². The van der Waals surface area contributed by atoms with Gasteiger partial charge in [-0.2, -0.15) is 0 Å². The molecule has 6 nitrogen and oxygen atoms in total. The number of hydrogen-bond acceptors (Lipinski definition) is 4. The summed E-state index contributed by atoms with van der Waals surface area (Å²) in [6.45, 7) is 0.608. The summed E-state index contributed by atoms with van der Waals surface area (Å²) in [7, 11) is 1.31. The van der Waals surface area contributed by atoms with E-state index in [-0.39, 0.29) is 50.4 Å². The highest BCUT2D eigenvalue weighted by atomic mass is 35.5. The first-order valence-corrected chi connectivity index (χ1v) is 11.8. The average Bonchev–Trinajstić information content (AvgIpc) is 2.92. The number of nitrogens with one attached hydrogen (secondary N) is 1. The molecular weight excluding hydrogens is 532 g/mol. The van der Waals surface area contributed by atoms with Gasteiger partial charge in [-0.15, -0.1) is 0 Å². The fourth-order valence-electron chi connectivity index (χ4n) is 4.10. The summed E-state index contributed by atoms with van der Waals surface area (Å²) in [6.07, 6.45) is -0.794. The molecule has 0 saturated heterocycles. The topological polar surface area (TPSA) is 78.9 Å². The number of rotatable bonds is 4. The number of carbonyl (C=O) groups is 2. The molecule has 0 saturated carbocycles. The third-order valence-electron chi connectivity index (χ3n) is 6.25. The van der Waals surface area contributed by atoms with Crippen molar-refractivity contribution in [2.45, 2.75) is 24.9 Å². The zero-order chi connectivity index (χ0) is 27.1. The van der Waals surface area contributed by atoms with Crippen LogP contribution in [0.5, 0.6) is 5.75 Å². The number of fused-ring (bicyclic) bond motifs is 1. The van der Waals surface area contributed by atoms with E-state index in [9.17, 15) is 27.9 Å². The monoisotopic (exact) mass is 552 g/mol. The lowest BCUT2D eigenvalue weighted by Gasteiger charge is -2.32. The third kappa shape index (κ3) is 4.99. The van der Waals surface area contributed by atoms with Crippen molar-refractivity contribution in [1.29, 1.82) is 0 Å². The Hall–Kier alpha value is -3.27. The Labute approximate surface area is 220 Å². The van der Waals surface area contributed by atoms with Gasteiger partial charge in [0.15, 0.2) is 5.60 Å². The number of benzene rings is 3. The number of ether oxygens (including phenoxy) is 1. The van der Waals surface area contributed by atoms with E-state index < -0.39 is 35.6 Å². The first-order valence-electron chi connectivity index (χ1n) is 11.0. The maximum absolute atomic E-state index is 14.9. The van der Waals surface area contributed by atoms with Crippen molar-refractivity contribution < 1.29 is 32.6 Å². The molecular formula is C26H21Cl2F3N2O4. The molecule has 194 valence electrons. The Balaban J connectivity index is 1.68. The van der Waals surface area contributed by atoms with Crippen LogP contribution in [0.25, 0.3) is 0 Å². The predicted octanol–water partition coefficient (Wildman–Crippen LogP) is 6.29. The van der Waals surface area contributed by atoms with Gasteiger partial charge in [0.2, 0.25) is 0 Å². The molecule has 0 spiro atoms. The molecule has 1 atom stereocenters. The minimum atomic E-state index is -3.54. The maximum atomic E-state index is 14.9. The van der Waals surface area contributed by atoms with Crippen LogP contribution in [-0.4, -0.2) is 36.5 Å². The molecule has 0 fully saturated rings. The Bertz CT molecular complexity index is 1400. The minimum absolute atomic E-state index is 0.0392. The van der Waals surface area contributed by atoms with E-state index in [0.717, 1.165) is 24.0 Å². The van der Waals surface area contributed by atoms with Crippen LogP contribution in [0.3, 0.4) is 0 Å². The van der Waals surface area contributed by atoms with Gasteiger partial charge >= 0.3 is 0 Å². The summed E-state index contributed by atoms with van der Waals surface area (Å²) in [6, 6.07) is 11.5. The Kier molecular flexibility index (Phi) is 7.16. The molecule has 1 aliphatic rings. The molecule has 0 aliphatic carbocycles. The second-order valence-corrected chi connectivity index (χ2v) is 9.48. The van der Waals surface area contributed by atoms with E-state index in [2.05, 4.69) is 5.32 Å². The summed E-state index contributed by atoms with van der Waals surface area (Å²) in [4.78, 5) is 27.3. The van der Waals surface area contributed by atoms with Gasteiger partial charge < -0.3 is 20.1 Å². The summed E-state index contributed by atoms with van der Waals surface area (Å²) in [5.41, 5.74) is -2.51. The number of hydrogen-bond donors (Lipinski definition) is 2. The first kappa shape index (κ1) is 26.8. The molecule has 2 amide bonds. The lowest BCUT2D eigenvalue weighted by Crippen LogP contribution is -2.42. The fraction of sp³-hybridized carbons (Fsp3) is 0.231. The first-order chi connectivity index (χ1) is 17.4. The van der Waals surface area contributed by atoms with Crippen LogP contribution in [0.2, 0.25) is 10.0 Å². The molecule has 11 heteroatoms. The van der Waals surface area contributed by atoms with Gasteiger partial charge in [-0.3, -0.25) is 9.59 Å². The number of anilines is 2. The molecule has 1 aliphatic heterocycles. The van der Waals surface area contributed by atoms with E-state index in [1.807, 2.05) is 0 Å². The van der Waals surface area contributed by atoms with Gasteiger partial charge in [0.25, 0.3) is 17.7 Å². The summed E-state index contributed by atoms with van der Waals surface area (Å²) in [5, 5.41) is 13.4. The Morgan fingerprint density at radius 1 is 1.08 bits per heavy atom. The number of nitrogens with zero attached hydrogens (tertiary/aromatic N) is 1. The normalized spacial score (nSPS) is 18.5. The van der Waals surface area contributed by atoms with Crippen molar-refractivity contribution >= 4 is 46.4 Å². The molecule has 4 rings (SSSR count). The number of amides is 2. The van der Waals surface area contributed by atoms with Crippen LogP contribution < -0.4 is 15.0 Å². The third-order valence-corrected chi connectivity index (χ3v) is 6.82. The van der Waals surface area contributed by atoms with E-state index >= 15 is 0 Å². The van der Waals surface area contributed by atoms with E-state index in [1.165, 1.54) is 49.6 Å². The highest BCUT2D eigenvalue weighted by molar-refractivity contribution is 6.34. The van der Waals surface area contributed by atoms with Gasteiger partial charge in [-0.1, -0.05) is 23.2 Å². The molecule has 2 N–H and O–H groups in total. The van der Waals surface area contributed by atoms with Crippen LogP contribution in [0, 0.1) is 5.82 Å². The molecule has 0 aromatic heterocycles. The average molecular weight is 553 g/mol. The second kappa shape index (κ2) is 9.89. The molecule has 3 aromatic carbocycles. The number of carbonyl (C=O) groups excluding carboxylic acids is 2. The number of methoxy groups -OCH3 is 1. The van der Waals surface area contributed by atoms with Crippen LogP contribution in [-0.2, 0) is 5.60 Å². The minimum Gasteiger partial charge on any atom is -0.495 e. The zero-order valence-electron chi connectivity index (χ0n) is 19.6. The van der Waals surface area contributed by atoms with Gasteiger partial charge in [-0.05, 0) is 61.5 Å². The van der Waals surface area contributed by atoms with Crippen LogP contribution in [0.15, 0.2) is 54.6 Å². The second-order valence-electron chi connectivity index (χ2n) is 8.64. The quantitative estimate of drug-likeness (QED) is 0.399. The molecule has 0 bridgehead atoms. The van der Waals surface area contributed by atoms with Gasteiger partial charge in [-0.25, -0.2) is 13.2 Å². The molecule has 0 unspecified atom stereocenters. The summed E-state index contributed by atoms with van der Waals surface area (Å²) in [5.74, 6) is -5.43. The van der Waals surface area contributed by atoms with Crippen molar-refractivity contribution in [3.05, 3.63) is 87.2 Å². The van der Waals surface area contributed by atoms with Crippen molar-refractivity contribution in [1.82, 2.24) is 0 Å². The predicted molar refractivity (Wildman–Crippen MR) is 135 cm³/mol.